The lowest BCUT2D eigenvalue weighted by molar-refractivity contribution is -0.134. The molecule has 1 aliphatic rings. The minimum atomic E-state index is -0.242. The van der Waals surface area contributed by atoms with Crippen molar-refractivity contribution in [1.82, 2.24) is 24.8 Å². The molecule has 7 nitrogen and oxygen atoms in total. The van der Waals surface area contributed by atoms with Crippen LogP contribution in [-0.4, -0.2) is 43.8 Å². The first-order chi connectivity index (χ1) is 11.4. The zero-order valence-electron chi connectivity index (χ0n) is 15.0. The van der Waals surface area contributed by atoms with Crippen molar-refractivity contribution in [2.45, 2.75) is 59.4 Å². The van der Waals surface area contributed by atoms with Gasteiger partial charge in [-0.05, 0) is 47.5 Å². The third-order valence-corrected chi connectivity index (χ3v) is 4.85. The van der Waals surface area contributed by atoms with Crippen LogP contribution in [0.4, 0.5) is 0 Å². The van der Waals surface area contributed by atoms with Crippen molar-refractivity contribution < 1.29 is 9.32 Å². The summed E-state index contributed by atoms with van der Waals surface area (Å²) < 4.78 is 7.19. The van der Waals surface area contributed by atoms with E-state index in [1.807, 2.05) is 44.2 Å². The summed E-state index contributed by atoms with van der Waals surface area (Å²) in [7, 11) is 0. The molecule has 1 fully saturated rings. The molecule has 0 radical (unpaired) electrons. The lowest BCUT2D eigenvalue weighted by Crippen LogP contribution is -2.43. The highest BCUT2D eigenvalue weighted by molar-refractivity contribution is 5.84. The van der Waals surface area contributed by atoms with Crippen molar-refractivity contribution in [3.05, 3.63) is 28.7 Å². The molecule has 1 aliphatic heterocycles. The van der Waals surface area contributed by atoms with Crippen LogP contribution >= 0.6 is 0 Å². The van der Waals surface area contributed by atoms with Gasteiger partial charge in [0.1, 0.15) is 17.4 Å². The summed E-state index contributed by atoms with van der Waals surface area (Å²) in [6.45, 7) is 11.0. The standard InChI is InChI=1S/C17H25N5O2/c1-10(16-11(2)20-24-12(16)3)17(23)21-8-6-7-15(9-21)22-14(5)18-13(4)19-22/h10,15H,6-9H2,1-5H3/t10-,15+/m0/s1. The molecule has 7 heteroatoms. The number of nitrogens with zero attached hydrogens (tertiary/aromatic N) is 5. The van der Waals surface area contributed by atoms with Crippen LogP contribution in [0.5, 0.6) is 0 Å². The highest BCUT2D eigenvalue weighted by atomic mass is 16.5. The topological polar surface area (TPSA) is 77.0 Å². The third kappa shape index (κ3) is 2.95. The number of aryl methyl sites for hydroxylation is 4. The number of aromatic nitrogens is 4. The molecule has 0 unspecified atom stereocenters. The van der Waals surface area contributed by atoms with Crippen molar-refractivity contribution in [2.75, 3.05) is 13.1 Å². The number of hydrogen-bond donors (Lipinski definition) is 0. The van der Waals surface area contributed by atoms with E-state index in [0.29, 0.717) is 6.54 Å². The molecule has 2 atom stereocenters. The van der Waals surface area contributed by atoms with Gasteiger partial charge in [0.05, 0.1) is 17.7 Å². The molecule has 0 N–H and O–H groups in total. The summed E-state index contributed by atoms with van der Waals surface area (Å²) in [5.74, 6) is 2.30. The number of likely N-dealkylation sites (tertiary alicyclic amines) is 1. The molecule has 24 heavy (non-hydrogen) atoms. The van der Waals surface area contributed by atoms with E-state index in [4.69, 9.17) is 4.52 Å². The van der Waals surface area contributed by atoms with Gasteiger partial charge in [-0.1, -0.05) is 5.16 Å². The first-order valence-corrected chi connectivity index (χ1v) is 8.49. The van der Waals surface area contributed by atoms with E-state index in [0.717, 1.165) is 48.1 Å². The molecule has 0 spiro atoms. The maximum atomic E-state index is 13.0. The molecule has 1 saturated heterocycles. The monoisotopic (exact) mass is 331 g/mol. The van der Waals surface area contributed by atoms with E-state index >= 15 is 0 Å². The van der Waals surface area contributed by atoms with Gasteiger partial charge in [0, 0.05) is 18.7 Å². The van der Waals surface area contributed by atoms with Gasteiger partial charge >= 0.3 is 0 Å². The lowest BCUT2D eigenvalue weighted by Gasteiger charge is -2.34. The molecule has 2 aromatic heterocycles. The van der Waals surface area contributed by atoms with E-state index in [2.05, 4.69) is 15.2 Å². The maximum Gasteiger partial charge on any atom is 0.230 e. The fourth-order valence-corrected chi connectivity index (χ4v) is 3.74. The zero-order valence-corrected chi connectivity index (χ0v) is 15.0. The molecule has 2 aromatic rings. The highest BCUT2D eigenvalue weighted by Crippen LogP contribution is 2.28. The van der Waals surface area contributed by atoms with Crippen LogP contribution in [0.25, 0.3) is 0 Å². The normalized spacial score (nSPS) is 19.5. The number of carbonyl (C=O) groups excluding carboxylic acids is 1. The maximum absolute atomic E-state index is 13.0. The van der Waals surface area contributed by atoms with Crippen molar-refractivity contribution >= 4 is 5.91 Å². The Morgan fingerprint density at radius 2 is 2.04 bits per heavy atom. The predicted molar refractivity (Wildman–Crippen MR) is 88.7 cm³/mol. The summed E-state index contributed by atoms with van der Waals surface area (Å²) in [6.07, 6.45) is 2.00. The number of amides is 1. The van der Waals surface area contributed by atoms with Crippen molar-refractivity contribution in [2.24, 2.45) is 0 Å². The van der Waals surface area contributed by atoms with E-state index in [1.165, 1.54) is 0 Å². The van der Waals surface area contributed by atoms with Gasteiger partial charge in [-0.2, -0.15) is 5.10 Å². The van der Waals surface area contributed by atoms with Crippen molar-refractivity contribution in [1.29, 1.82) is 0 Å². The van der Waals surface area contributed by atoms with E-state index in [-0.39, 0.29) is 17.9 Å². The summed E-state index contributed by atoms with van der Waals surface area (Å²) in [4.78, 5) is 19.3. The number of carbonyl (C=O) groups is 1. The van der Waals surface area contributed by atoms with Crippen LogP contribution in [-0.2, 0) is 4.79 Å². The van der Waals surface area contributed by atoms with Gasteiger partial charge in [-0.3, -0.25) is 4.79 Å². The fourth-order valence-electron chi connectivity index (χ4n) is 3.74. The van der Waals surface area contributed by atoms with E-state index < -0.39 is 0 Å². The van der Waals surface area contributed by atoms with Gasteiger partial charge in [-0.15, -0.1) is 0 Å². The summed E-state index contributed by atoms with van der Waals surface area (Å²) >= 11 is 0. The Morgan fingerprint density at radius 1 is 1.29 bits per heavy atom. The highest BCUT2D eigenvalue weighted by Gasteiger charge is 2.31. The molecule has 130 valence electrons. The average Bonchev–Trinajstić information content (AvgIpc) is 3.07. The van der Waals surface area contributed by atoms with Gasteiger partial charge in [0.15, 0.2) is 0 Å². The van der Waals surface area contributed by atoms with Crippen LogP contribution in [0.1, 0.15) is 60.4 Å². The molecular formula is C17H25N5O2. The Morgan fingerprint density at radius 3 is 2.62 bits per heavy atom. The van der Waals surface area contributed by atoms with E-state index in [1.54, 1.807) is 0 Å². The molecule has 0 bridgehead atoms. The van der Waals surface area contributed by atoms with Crippen molar-refractivity contribution in [3.8, 4) is 0 Å². The smallest absolute Gasteiger partial charge is 0.230 e. The van der Waals surface area contributed by atoms with Gasteiger partial charge in [0.2, 0.25) is 5.91 Å². The van der Waals surface area contributed by atoms with Crippen molar-refractivity contribution in [3.63, 3.8) is 0 Å². The van der Waals surface area contributed by atoms with Crippen LogP contribution < -0.4 is 0 Å². The Balaban J connectivity index is 1.77. The van der Waals surface area contributed by atoms with Gasteiger partial charge < -0.3 is 9.42 Å². The lowest BCUT2D eigenvalue weighted by atomic mass is 9.96. The number of hydrogen-bond acceptors (Lipinski definition) is 5. The van der Waals surface area contributed by atoms with Crippen LogP contribution in [0.3, 0.4) is 0 Å². The van der Waals surface area contributed by atoms with Crippen LogP contribution in [0, 0.1) is 27.7 Å². The Labute approximate surface area is 142 Å². The largest absolute Gasteiger partial charge is 0.361 e. The average molecular weight is 331 g/mol. The number of piperidine rings is 1. The predicted octanol–water partition coefficient (Wildman–Crippen LogP) is 2.47. The molecule has 0 aromatic carbocycles. The second-order valence-corrected chi connectivity index (χ2v) is 6.69. The second-order valence-electron chi connectivity index (χ2n) is 6.69. The van der Waals surface area contributed by atoms with Crippen LogP contribution in [0.2, 0.25) is 0 Å². The third-order valence-electron chi connectivity index (χ3n) is 4.85. The first-order valence-electron chi connectivity index (χ1n) is 8.49. The molecular weight excluding hydrogens is 306 g/mol. The Kier molecular flexibility index (Phi) is 4.43. The quantitative estimate of drug-likeness (QED) is 0.863. The molecule has 3 heterocycles. The summed E-state index contributed by atoms with van der Waals surface area (Å²) in [5.41, 5.74) is 1.71. The molecule has 3 rings (SSSR count). The fraction of sp³-hybridized carbons (Fsp3) is 0.647. The molecule has 0 saturated carbocycles. The van der Waals surface area contributed by atoms with E-state index in [9.17, 15) is 4.79 Å². The van der Waals surface area contributed by atoms with Crippen LogP contribution in [0.15, 0.2) is 4.52 Å². The Hall–Kier alpha value is -2.18. The minimum Gasteiger partial charge on any atom is -0.361 e. The summed E-state index contributed by atoms with van der Waals surface area (Å²) in [5, 5.41) is 8.47. The Bertz CT molecular complexity index is 729. The molecule has 1 amide bonds. The summed E-state index contributed by atoms with van der Waals surface area (Å²) in [6, 6.07) is 0.195. The first kappa shape index (κ1) is 16.7. The SMILES string of the molecule is Cc1nc(C)n([C@@H]2CCCN(C(=O)[C@@H](C)c3c(C)noc3C)C2)n1. The second kappa shape index (κ2) is 6.37. The van der Waals surface area contributed by atoms with Gasteiger partial charge in [-0.25, -0.2) is 9.67 Å². The minimum absolute atomic E-state index is 0.128. The van der Waals surface area contributed by atoms with Gasteiger partial charge in [0.25, 0.3) is 0 Å². The zero-order chi connectivity index (χ0) is 17.4. The molecule has 0 aliphatic carbocycles. The number of rotatable bonds is 3.